The van der Waals surface area contributed by atoms with Gasteiger partial charge in [-0.2, -0.15) is 0 Å². The first-order valence-corrected chi connectivity index (χ1v) is 10.6. The molecule has 2 aliphatic heterocycles. The van der Waals surface area contributed by atoms with E-state index < -0.39 is 0 Å². The van der Waals surface area contributed by atoms with Crippen LogP contribution in [0.1, 0.15) is 64.4 Å². The Morgan fingerprint density at radius 1 is 1.15 bits per heavy atom. The number of hydrogen-bond acceptors (Lipinski definition) is 4. The predicted octanol–water partition coefficient (Wildman–Crippen LogP) is 4.51. The Balaban J connectivity index is 1.82. The van der Waals surface area contributed by atoms with Gasteiger partial charge >= 0.3 is 0 Å². The molecule has 4 nitrogen and oxygen atoms in total. The lowest BCUT2D eigenvalue weighted by molar-refractivity contribution is 0.0251. The summed E-state index contributed by atoms with van der Waals surface area (Å²) in [6, 6.07) is 7.13. The van der Waals surface area contributed by atoms with E-state index in [1.54, 1.807) is 0 Å². The Hall–Kier alpha value is -1.26. The van der Waals surface area contributed by atoms with E-state index in [0.29, 0.717) is 6.04 Å². The first kappa shape index (κ1) is 19.5. The molecule has 0 bridgehead atoms. The van der Waals surface area contributed by atoms with Crippen molar-refractivity contribution in [1.29, 1.82) is 0 Å². The predicted molar refractivity (Wildman–Crippen MR) is 108 cm³/mol. The van der Waals surface area contributed by atoms with E-state index in [0.717, 1.165) is 57.9 Å². The molecule has 4 heteroatoms. The Bertz CT molecular complexity index is 535. The van der Waals surface area contributed by atoms with Crippen molar-refractivity contribution in [2.45, 2.75) is 77.5 Å². The molecular weight excluding hydrogens is 324 g/mol. The molecule has 2 fully saturated rings. The number of nitrogens with one attached hydrogen (secondary N) is 1. The first-order valence-electron chi connectivity index (χ1n) is 10.6. The van der Waals surface area contributed by atoms with E-state index >= 15 is 0 Å². The van der Waals surface area contributed by atoms with Crippen LogP contribution in [0.5, 0.6) is 5.75 Å². The highest BCUT2D eigenvalue weighted by molar-refractivity contribution is 5.59. The lowest BCUT2D eigenvalue weighted by Crippen LogP contribution is -2.30. The van der Waals surface area contributed by atoms with Crippen LogP contribution in [0, 0.1) is 0 Å². The van der Waals surface area contributed by atoms with Gasteiger partial charge in [-0.3, -0.25) is 0 Å². The van der Waals surface area contributed by atoms with E-state index in [9.17, 15) is 0 Å². The van der Waals surface area contributed by atoms with Gasteiger partial charge in [-0.05, 0) is 38.3 Å². The second-order valence-electron chi connectivity index (χ2n) is 7.77. The van der Waals surface area contributed by atoms with Gasteiger partial charge in [0, 0.05) is 49.8 Å². The van der Waals surface area contributed by atoms with E-state index in [1.807, 2.05) is 0 Å². The summed E-state index contributed by atoms with van der Waals surface area (Å²) < 4.78 is 12.0. The molecule has 2 saturated heterocycles. The third-order valence-electron chi connectivity index (χ3n) is 5.76. The zero-order valence-electron chi connectivity index (χ0n) is 16.6. The number of benzene rings is 1. The van der Waals surface area contributed by atoms with Gasteiger partial charge < -0.3 is 19.7 Å². The fourth-order valence-corrected chi connectivity index (χ4v) is 3.84. The molecule has 3 rings (SSSR count). The van der Waals surface area contributed by atoms with Crippen molar-refractivity contribution in [3.63, 3.8) is 0 Å². The number of nitrogens with zero attached hydrogens (tertiary/aromatic N) is 1. The second kappa shape index (κ2) is 10.2. The molecule has 146 valence electrons. The molecule has 1 aromatic rings. The summed E-state index contributed by atoms with van der Waals surface area (Å²) in [5.41, 5.74) is 2.70. The fraction of sp³-hybridized carbons (Fsp3) is 0.727. The van der Waals surface area contributed by atoms with Crippen LogP contribution in [0.15, 0.2) is 18.2 Å². The molecule has 0 saturated carbocycles. The Kier molecular flexibility index (Phi) is 7.63. The quantitative estimate of drug-likeness (QED) is 0.775. The largest absolute Gasteiger partial charge is 0.490 e. The number of ether oxygens (including phenoxy) is 2. The molecule has 1 aromatic carbocycles. The van der Waals surface area contributed by atoms with Crippen molar-refractivity contribution in [1.82, 2.24) is 5.32 Å². The average Bonchev–Trinajstić information content (AvgIpc) is 2.96. The zero-order valence-corrected chi connectivity index (χ0v) is 16.6. The van der Waals surface area contributed by atoms with Crippen molar-refractivity contribution in [3.05, 3.63) is 23.8 Å². The maximum absolute atomic E-state index is 6.47. The van der Waals surface area contributed by atoms with Gasteiger partial charge in [0.25, 0.3) is 0 Å². The van der Waals surface area contributed by atoms with Gasteiger partial charge in [0.15, 0.2) is 0 Å². The monoisotopic (exact) mass is 360 g/mol. The van der Waals surface area contributed by atoms with Crippen LogP contribution in [0.3, 0.4) is 0 Å². The number of anilines is 1. The van der Waals surface area contributed by atoms with E-state index in [4.69, 9.17) is 9.47 Å². The van der Waals surface area contributed by atoms with Crippen molar-refractivity contribution in [2.24, 2.45) is 0 Å². The van der Waals surface area contributed by atoms with Gasteiger partial charge in [0.1, 0.15) is 11.9 Å². The van der Waals surface area contributed by atoms with Crippen LogP contribution in [0.25, 0.3) is 0 Å². The van der Waals surface area contributed by atoms with Gasteiger partial charge in [-0.1, -0.05) is 25.8 Å². The van der Waals surface area contributed by atoms with Crippen LogP contribution in [0.2, 0.25) is 0 Å². The Labute approximate surface area is 159 Å². The standard InChI is InChI=1S/C22H36N2O2/c1-3-18(2)23-17-20-21(24-13-6-4-5-7-14-24)9-8-10-22(20)26-19-11-15-25-16-12-19/h8-10,18-19,23H,3-7,11-17H2,1-2H3. The fourth-order valence-electron chi connectivity index (χ4n) is 3.84. The van der Waals surface area contributed by atoms with Crippen molar-refractivity contribution in [2.75, 3.05) is 31.2 Å². The third-order valence-corrected chi connectivity index (χ3v) is 5.76. The minimum Gasteiger partial charge on any atom is -0.490 e. The highest BCUT2D eigenvalue weighted by Crippen LogP contribution is 2.33. The average molecular weight is 361 g/mol. The second-order valence-corrected chi connectivity index (χ2v) is 7.77. The molecule has 0 aliphatic carbocycles. The minimum absolute atomic E-state index is 0.283. The summed E-state index contributed by atoms with van der Waals surface area (Å²) >= 11 is 0. The molecule has 0 radical (unpaired) electrons. The lowest BCUT2D eigenvalue weighted by Gasteiger charge is -2.30. The van der Waals surface area contributed by atoms with E-state index in [1.165, 1.54) is 36.9 Å². The summed E-state index contributed by atoms with van der Waals surface area (Å²) in [5, 5.41) is 3.69. The normalized spacial score (nSPS) is 20.6. The molecule has 0 spiro atoms. The molecule has 1 N–H and O–H groups in total. The minimum atomic E-state index is 0.283. The SMILES string of the molecule is CCC(C)NCc1c(OC2CCOCC2)cccc1N1CCCCCC1. The highest BCUT2D eigenvalue weighted by atomic mass is 16.5. The maximum atomic E-state index is 6.47. The van der Waals surface area contributed by atoms with Crippen molar-refractivity contribution in [3.8, 4) is 5.75 Å². The first-order chi connectivity index (χ1) is 12.8. The van der Waals surface area contributed by atoms with Crippen LogP contribution < -0.4 is 15.0 Å². The van der Waals surface area contributed by atoms with Gasteiger partial charge in [0.05, 0.1) is 13.2 Å². The van der Waals surface area contributed by atoms with Crippen LogP contribution in [0.4, 0.5) is 5.69 Å². The van der Waals surface area contributed by atoms with E-state index in [-0.39, 0.29) is 6.10 Å². The third kappa shape index (κ3) is 5.37. The maximum Gasteiger partial charge on any atom is 0.126 e. The molecule has 2 heterocycles. The Morgan fingerprint density at radius 2 is 1.88 bits per heavy atom. The summed E-state index contributed by atoms with van der Waals surface area (Å²) in [6.45, 7) is 9.33. The molecule has 1 atom stereocenters. The van der Waals surface area contributed by atoms with Gasteiger partial charge in [0.2, 0.25) is 0 Å². The molecule has 0 aromatic heterocycles. The smallest absolute Gasteiger partial charge is 0.126 e. The molecule has 0 amide bonds. The summed E-state index contributed by atoms with van der Waals surface area (Å²) in [7, 11) is 0. The molecule has 1 unspecified atom stereocenters. The van der Waals surface area contributed by atoms with Crippen LogP contribution in [-0.2, 0) is 11.3 Å². The summed E-state index contributed by atoms with van der Waals surface area (Å²) in [5.74, 6) is 1.06. The molecular formula is C22H36N2O2. The van der Waals surface area contributed by atoms with Crippen molar-refractivity contribution < 1.29 is 9.47 Å². The summed E-state index contributed by atoms with van der Waals surface area (Å²) in [4.78, 5) is 2.58. The van der Waals surface area contributed by atoms with Gasteiger partial charge in [-0.15, -0.1) is 0 Å². The molecule has 2 aliphatic rings. The number of rotatable bonds is 7. The van der Waals surface area contributed by atoms with Crippen molar-refractivity contribution >= 4 is 5.69 Å². The van der Waals surface area contributed by atoms with Crippen LogP contribution >= 0.6 is 0 Å². The topological polar surface area (TPSA) is 33.7 Å². The van der Waals surface area contributed by atoms with E-state index in [2.05, 4.69) is 42.3 Å². The van der Waals surface area contributed by atoms with Gasteiger partial charge in [-0.25, -0.2) is 0 Å². The molecule has 26 heavy (non-hydrogen) atoms. The Morgan fingerprint density at radius 3 is 2.58 bits per heavy atom. The summed E-state index contributed by atoms with van der Waals surface area (Å²) in [6.07, 6.45) is 8.71. The number of hydrogen-bond donors (Lipinski definition) is 1. The highest BCUT2D eigenvalue weighted by Gasteiger charge is 2.21. The zero-order chi connectivity index (χ0) is 18.2. The lowest BCUT2D eigenvalue weighted by atomic mass is 10.1. The van der Waals surface area contributed by atoms with Crippen LogP contribution in [-0.4, -0.2) is 38.4 Å².